The Balaban J connectivity index is 2.38. The second-order valence-corrected chi connectivity index (χ2v) is 6.78. The summed E-state index contributed by atoms with van der Waals surface area (Å²) in [6.07, 6.45) is 1.65. The number of primary sulfonamides is 1. The van der Waals surface area contributed by atoms with Crippen LogP contribution in [-0.4, -0.2) is 24.5 Å². The molecule has 0 spiro atoms. The SMILES string of the molecule is CC(Nc1ccc(S(N)(=O)=O)cc1C(=O)O)c1nccs1. The van der Waals surface area contributed by atoms with Gasteiger partial charge in [-0.15, -0.1) is 11.3 Å². The lowest BCUT2D eigenvalue weighted by atomic mass is 10.1. The minimum absolute atomic E-state index is 0.162. The summed E-state index contributed by atoms with van der Waals surface area (Å²) in [7, 11) is -3.95. The molecule has 0 aliphatic heterocycles. The van der Waals surface area contributed by atoms with Gasteiger partial charge in [0.05, 0.1) is 16.5 Å². The molecule has 4 N–H and O–H groups in total. The second-order valence-electron chi connectivity index (χ2n) is 4.29. The lowest BCUT2D eigenvalue weighted by Crippen LogP contribution is -2.15. The highest BCUT2D eigenvalue weighted by atomic mass is 32.2. The molecule has 1 aromatic carbocycles. The van der Waals surface area contributed by atoms with Gasteiger partial charge >= 0.3 is 5.97 Å². The van der Waals surface area contributed by atoms with Crippen molar-refractivity contribution in [1.29, 1.82) is 0 Å². The average molecular weight is 327 g/mol. The number of aromatic nitrogens is 1. The van der Waals surface area contributed by atoms with Gasteiger partial charge in [0.1, 0.15) is 5.01 Å². The zero-order valence-corrected chi connectivity index (χ0v) is 12.6. The van der Waals surface area contributed by atoms with Crippen LogP contribution in [0.4, 0.5) is 5.69 Å². The van der Waals surface area contributed by atoms with E-state index in [2.05, 4.69) is 10.3 Å². The van der Waals surface area contributed by atoms with Gasteiger partial charge in [0.15, 0.2) is 0 Å². The smallest absolute Gasteiger partial charge is 0.337 e. The number of carboxylic acids is 1. The van der Waals surface area contributed by atoms with Gasteiger partial charge in [-0.2, -0.15) is 0 Å². The van der Waals surface area contributed by atoms with Crippen LogP contribution in [0, 0.1) is 0 Å². The summed E-state index contributed by atoms with van der Waals surface area (Å²) in [4.78, 5) is 15.2. The number of anilines is 1. The number of carboxylic acid groups (broad SMARTS) is 1. The quantitative estimate of drug-likeness (QED) is 0.767. The van der Waals surface area contributed by atoms with Crippen molar-refractivity contribution in [3.63, 3.8) is 0 Å². The molecule has 112 valence electrons. The van der Waals surface area contributed by atoms with E-state index in [9.17, 15) is 18.3 Å². The zero-order valence-electron chi connectivity index (χ0n) is 11.0. The minimum atomic E-state index is -3.95. The highest BCUT2D eigenvalue weighted by Crippen LogP contribution is 2.25. The monoisotopic (exact) mass is 327 g/mol. The van der Waals surface area contributed by atoms with E-state index in [-0.39, 0.29) is 16.5 Å². The fourth-order valence-corrected chi connectivity index (χ4v) is 2.93. The number of sulfonamides is 1. The van der Waals surface area contributed by atoms with E-state index >= 15 is 0 Å². The van der Waals surface area contributed by atoms with Gasteiger partial charge in [0.25, 0.3) is 0 Å². The summed E-state index contributed by atoms with van der Waals surface area (Å²) in [6.45, 7) is 1.83. The molecule has 0 amide bonds. The van der Waals surface area contributed by atoms with E-state index < -0.39 is 16.0 Å². The van der Waals surface area contributed by atoms with Crippen molar-refractivity contribution in [1.82, 2.24) is 4.98 Å². The van der Waals surface area contributed by atoms with E-state index in [0.29, 0.717) is 5.69 Å². The standard InChI is InChI=1S/C12H13N3O4S2/c1-7(11-14-4-5-20-11)15-10-3-2-8(21(13,18)19)6-9(10)12(16)17/h2-7,15H,1H3,(H,16,17)(H2,13,18,19). The van der Waals surface area contributed by atoms with Crippen LogP contribution in [-0.2, 0) is 10.0 Å². The van der Waals surface area contributed by atoms with Crippen molar-refractivity contribution < 1.29 is 18.3 Å². The van der Waals surface area contributed by atoms with E-state index in [1.165, 1.54) is 23.5 Å². The van der Waals surface area contributed by atoms with Crippen LogP contribution in [0.1, 0.15) is 28.3 Å². The van der Waals surface area contributed by atoms with Crippen LogP contribution in [0.3, 0.4) is 0 Å². The molecule has 0 fully saturated rings. The van der Waals surface area contributed by atoms with Gasteiger partial charge in [0.2, 0.25) is 10.0 Å². The fourth-order valence-electron chi connectivity index (χ4n) is 1.75. The van der Waals surface area contributed by atoms with E-state index in [0.717, 1.165) is 11.1 Å². The van der Waals surface area contributed by atoms with E-state index in [4.69, 9.17) is 5.14 Å². The molecule has 0 aliphatic carbocycles. The van der Waals surface area contributed by atoms with E-state index in [1.807, 2.05) is 12.3 Å². The topological polar surface area (TPSA) is 122 Å². The van der Waals surface area contributed by atoms with Crippen molar-refractivity contribution in [3.05, 3.63) is 40.3 Å². The predicted octanol–water partition coefficient (Wildman–Crippen LogP) is 1.66. The Bertz CT molecular complexity index is 757. The fraction of sp³-hybridized carbons (Fsp3) is 0.167. The second kappa shape index (κ2) is 5.80. The van der Waals surface area contributed by atoms with Crippen molar-refractivity contribution in [2.75, 3.05) is 5.32 Å². The third-order valence-electron chi connectivity index (χ3n) is 2.74. The molecule has 2 aromatic rings. The number of thiazole rings is 1. The normalized spacial score (nSPS) is 12.9. The number of hydrogen-bond donors (Lipinski definition) is 3. The number of aromatic carboxylic acids is 1. The molecule has 2 rings (SSSR count). The van der Waals surface area contributed by atoms with E-state index in [1.54, 1.807) is 6.20 Å². The third kappa shape index (κ3) is 3.57. The number of nitrogens with zero attached hydrogens (tertiary/aromatic N) is 1. The Morgan fingerprint density at radius 2 is 2.19 bits per heavy atom. The Labute approximate surface area is 125 Å². The maximum absolute atomic E-state index is 11.3. The highest BCUT2D eigenvalue weighted by molar-refractivity contribution is 7.89. The average Bonchev–Trinajstić information content (AvgIpc) is 2.91. The molecule has 0 bridgehead atoms. The number of nitrogens with two attached hydrogens (primary N) is 1. The Kier molecular flexibility index (Phi) is 4.26. The first-order valence-electron chi connectivity index (χ1n) is 5.85. The first kappa shape index (κ1) is 15.4. The van der Waals surface area contributed by atoms with Gasteiger partial charge in [0, 0.05) is 17.3 Å². The lowest BCUT2D eigenvalue weighted by Gasteiger charge is -2.15. The molecular weight excluding hydrogens is 314 g/mol. The first-order chi connectivity index (χ1) is 9.79. The molecule has 0 saturated carbocycles. The number of benzene rings is 1. The maximum atomic E-state index is 11.3. The molecule has 0 aliphatic rings. The number of nitrogens with one attached hydrogen (secondary N) is 1. The third-order valence-corrected chi connectivity index (χ3v) is 4.61. The van der Waals surface area contributed by atoms with Crippen molar-refractivity contribution >= 4 is 33.0 Å². The largest absolute Gasteiger partial charge is 0.478 e. The minimum Gasteiger partial charge on any atom is -0.478 e. The van der Waals surface area contributed by atoms with Crippen molar-refractivity contribution in [3.8, 4) is 0 Å². The number of carbonyl (C=O) groups is 1. The molecule has 7 nitrogen and oxygen atoms in total. The Morgan fingerprint density at radius 1 is 1.48 bits per heavy atom. The summed E-state index contributed by atoms with van der Waals surface area (Å²) in [5.41, 5.74) is 0.141. The number of hydrogen-bond acceptors (Lipinski definition) is 6. The molecule has 21 heavy (non-hydrogen) atoms. The summed E-state index contributed by atoms with van der Waals surface area (Å²) < 4.78 is 22.6. The van der Waals surface area contributed by atoms with Gasteiger partial charge < -0.3 is 10.4 Å². The molecule has 1 unspecified atom stereocenters. The zero-order chi connectivity index (χ0) is 15.6. The van der Waals surface area contributed by atoms with Gasteiger partial charge in [-0.1, -0.05) is 0 Å². The van der Waals surface area contributed by atoms with Crippen LogP contribution in [0.15, 0.2) is 34.7 Å². The lowest BCUT2D eigenvalue weighted by molar-refractivity contribution is 0.0697. The molecule has 1 atom stereocenters. The molecule has 0 saturated heterocycles. The molecule has 0 radical (unpaired) electrons. The van der Waals surface area contributed by atoms with Crippen molar-refractivity contribution in [2.24, 2.45) is 5.14 Å². The summed E-state index contributed by atoms with van der Waals surface area (Å²) in [6, 6.07) is 3.48. The summed E-state index contributed by atoms with van der Waals surface area (Å²) in [5, 5.41) is 19.8. The van der Waals surface area contributed by atoms with Crippen LogP contribution in [0.2, 0.25) is 0 Å². The molecule has 1 heterocycles. The van der Waals surface area contributed by atoms with Crippen LogP contribution >= 0.6 is 11.3 Å². The molecule has 1 aromatic heterocycles. The van der Waals surface area contributed by atoms with Gasteiger partial charge in [-0.3, -0.25) is 0 Å². The predicted molar refractivity (Wildman–Crippen MR) is 78.9 cm³/mol. The van der Waals surface area contributed by atoms with Crippen molar-refractivity contribution in [2.45, 2.75) is 17.9 Å². The first-order valence-corrected chi connectivity index (χ1v) is 8.27. The molecule has 9 heteroatoms. The number of rotatable bonds is 5. The summed E-state index contributed by atoms with van der Waals surface area (Å²) >= 11 is 1.44. The Hall–Kier alpha value is -1.97. The van der Waals surface area contributed by atoms with Gasteiger partial charge in [-0.25, -0.2) is 23.3 Å². The summed E-state index contributed by atoms with van der Waals surface area (Å²) in [5.74, 6) is -1.24. The highest BCUT2D eigenvalue weighted by Gasteiger charge is 2.18. The maximum Gasteiger partial charge on any atom is 0.337 e. The van der Waals surface area contributed by atoms with Crippen LogP contribution in [0.25, 0.3) is 0 Å². The Morgan fingerprint density at radius 3 is 2.71 bits per heavy atom. The van der Waals surface area contributed by atoms with Gasteiger partial charge in [-0.05, 0) is 25.1 Å². The van der Waals surface area contributed by atoms with Crippen LogP contribution < -0.4 is 10.5 Å². The molecular formula is C12H13N3O4S2. The van der Waals surface area contributed by atoms with Crippen LogP contribution in [0.5, 0.6) is 0 Å².